The molecule has 0 aliphatic carbocycles. The number of halogens is 1. The maximum atomic E-state index is 12.8. The van der Waals surface area contributed by atoms with Crippen LogP contribution in [0.2, 0.25) is 5.02 Å². The van der Waals surface area contributed by atoms with Crippen molar-refractivity contribution >= 4 is 34.4 Å². The van der Waals surface area contributed by atoms with Gasteiger partial charge in [0.25, 0.3) is 0 Å². The lowest BCUT2D eigenvalue weighted by Crippen LogP contribution is -2.40. The minimum absolute atomic E-state index is 0.000415. The normalized spacial score (nSPS) is 15.9. The fourth-order valence-corrected chi connectivity index (χ4v) is 4.91. The number of benzene rings is 1. The molecule has 0 saturated carbocycles. The largest absolute Gasteiger partial charge is 0.486 e. The van der Waals surface area contributed by atoms with Gasteiger partial charge in [-0.2, -0.15) is 5.10 Å². The van der Waals surface area contributed by atoms with E-state index in [9.17, 15) is 4.79 Å². The van der Waals surface area contributed by atoms with Gasteiger partial charge in [0, 0.05) is 37.5 Å². The number of likely N-dealkylation sites (tertiary alicyclic amines) is 1. The lowest BCUT2D eigenvalue weighted by atomic mass is 10.1. The summed E-state index contributed by atoms with van der Waals surface area (Å²) in [5.41, 5.74) is 9.17. The Morgan fingerprint density at radius 3 is 2.87 bits per heavy atom. The second kappa shape index (κ2) is 11.8. The summed E-state index contributed by atoms with van der Waals surface area (Å²) in [5.74, 6) is 0.881. The van der Waals surface area contributed by atoms with Crippen LogP contribution in [0.1, 0.15) is 24.6 Å². The average Bonchev–Trinajstić information content (AvgIpc) is 3.34. The zero-order valence-corrected chi connectivity index (χ0v) is 22.8. The van der Waals surface area contributed by atoms with Crippen molar-refractivity contribution in [3.8, 4) is 17.0 Å². The van der Waals surface area contributed by atoms with Crippen LogP contribution in [0.3, 0.4) is 0 Å². The van der Waals surface area contributed by atoms with Gasteiger partial charge in [0.05, 0.1) is 22.1 Å². The molecule has 1 aliphatic heterocycles. The monoisotopic (exact) mass is 546 g/mol. The van der Waals surface area contributed by atoms with Crippen molar-refractivity contribution in [3.63, 3.8) is 0 Å². The van der Waals surface area contributed by atoms with Crippen LogP contribution in [0.15, 0.2) is 61.1 Å². The fourth-order valence-electron chi connectivity index (χ4n) is 4.68. The smallest absolute Gasteiger partial charge is 0.246 e. The summed E-state index contributed by atoms with van der Waals surface area (Å²) in [4.78, 5) is 29.7. The fraction of sp³-hybridized carbons (Fsp3) is 0.321. The molecule has 1 aliphatic rings. The third-order valence-electron chi connectivity index (χ3n) is 6.61. The van der Waals surface area contributed by atoms with Gasteiger partial charge in [0.1, 0.15) is 30.2 Å². The number of aromatic nitrogens is 5. The van der Waals surface area contributed by atoms with Crippen LogP contribution < -0.4 is 10.5 Å². The SMILES string of the molecule is CN(C)C/C=C/C(=O)N1CCCC(n2nc(-c3ccc(OCc4ccccn4)c(Cl)c3)c3c(N)ncnc32)C1. The number of amides is 1. The van der Waals surface area contributed by atoms with E-state index >= 15 is 0 Å². The van der Waals surface area contributed by atoms with E-state index < -0.39 is 0 Å². The number of nitrogens with two attached hydrogens (primary N) is 1. The molecule has 4 aromatic rings. The molecule has 3 aromatic heterocycles. The Kier molecular flexibility index (Phi) is 8.04. The van der Waals surface area contributed by atoms with E-state index in [2.05, 4.69) is 15.0 Å². The van der Waals surface area contributed by atoms with Crippen molar-refractivity contribution in [2.75, 3.05) is 39.5 Å². The maximum Gasteiger partial charge on any atom is 0.246 e. The molecule has 1 saturated heterocycles. The van der Waals surface area contributed by atoms with Crippen molar-refractivity contribution in [2.45, 2.75) is 25.5 Å². The Hall–Kier alpha value is -4.02. The summed E-state index contributed by atoms with van der Waals surface area (Å²) in [6, 6.07) is 11.1. The highest BCUT2D eigenvalue weighted by Crippen LogP contribution is 2.37. The molecule has 11 heteroatoms. The zero-order valence-electron chi connectivity index (χ0n) is 22.0. The zero-order chi connectivity index (χ0) is 27.4. The first-order valence-corrected chi connectivity index (χ1v) is 13.2. The third-order valence-corrected chi connectivity index (χ3v) is 6.91. The number of ether oxygens (including phenoxy) is 1. The van der Waals surface area contributed by atoms with Crippen molar-refractivity contribution in [3.05, 3.63) is 71.8 Å². The van der Waals surface area contributed by atoms with Gasteiger partial charge < -0.3 is 20.3 Å². The molecule has 0 bridgehead atoms. The first-order chi connectivity index (χ1) is 18.9. The van der Waals surface area contributed by atoms with Crippen LogP contribution in [-0.2, 0) is 11.4 Å². The maximum absolute atomic E-state index is 12.8. The summed E-state index contributed by atoms with van der Waals surface area (Å²) in [6.45, 7) is 2.26. The summed E-state index contributed by atoms with van der Waals surface area (Å²) in [5, 5.41) is 6.05. The van der Waals surface area contributed by atoms with Crippen LogP contribution in [0.25, 0.3) is 22.3 Å². The van der Waals surface area contributed by atoms with Gasteiger partial charge in [0.2, 0.25) is 5.91 Å². The topological polar surface area (TPSA) is 115 Å². The number of anilines is 1. The lowest BCUT2D eigenvalue weighted by Gasteiger charge is -2.32. The molecule has 1 fully saturated rings. The van der Waals surface area contributed by atoms with Gasteiger partial charge in [-0.25, -0.2) is 14.6 Å². The first kappa shape index (κ1) is 26.6. The van der Waals surface area contributed by atoms with Crippen LogP contribution in [0.5, 0.6) is 5.75 Å². The number of likely N-dealkylation sites (N-methyl/N-ethyl adjacent to an activating group) is 1. The third kappa shape index (κ3) is 6.02. The van der Waals surface area contributed by atoms with Gasteiger partial charge >= 0.3 is 0 Å². The van der Waals surface area contributed by atoms with Gasteiger partial charge in [-0.15, -0.1) is 0 Å². The van der Waals surface area contributed by atoms with Crippen LogP contribution in [-0.4, -0.2) is 74.2 Å². The number of carbonyl (C=O) groups excluding carboxylic acids is 1. The van der Waals surface area contributed by atoms with Gasteiger partial charge in [-0.1, -0.05) is 23.7 Å². The summed E-state index contributed by atoms with van der Waals surface area (Å²) < 4.78 is 7.77. The van der Waals surface area contributed by atoms with Gasteiger partial charge in [0.15, 0.2) is 5.65 Å². The molecule has 1 atom stereocenters. The van der Waals surface area contributed by atoms with Crippen molar-refractivity contribution in [1.29, 1.82) is 0 Å². The quantitative estimate of drug-likeness (QED) is 0.330. The van der Waals surface area contributed by atoms with Gasteiger partial charge in [-0.05, 0) is 57.3 Å². The second-order valence-electron chi connectivity index (χ2n) is 9.75. The van der Waals surface area contributed by atoms with Gasteiger partial charge in [-0.3, -0.25) is 9.78 Å². The molecular formula is C28H31ClN8O2. The average molecular weight is 547 g/mol. The molecule has 2 N–H and O–H groups in total. The number of hydrogen-bond donors (Lipinski definition) is 1. The van der Waals surface area contributed by atoms with E-state index in [0.717, 1.165) is 24.1 Å². The Morgan fingerprint density at radius 2 is 2.10 bits per heavy atom. The number of nitrogen functional groups attached to an aromatic ring is 1. The molecular weight excluding hydrogens is 516 g/mol. The van der Waals surface area contributed by atoms with E-state index in [1.54, 1.807) is 18.3 Å². The number of hydrogen-bond acceptors (Lipinski definition) is 8. The highest BCUT2D eigenvalue weighted by Gasteiger charge is 2.28. The molecule has 5 rings (SSSR count). The summed E-state index contributed by atoms with van der Waals surface area (Å²) in [7, 11) is 3.94. The number of carbonyl (C=O) groups is 1. The Balaban J connectivity index is 1.41. The van der Waals surface area contributed by atoms with Crippen molar-refractivity contribution in [1.82, 2.24) is 34.5 Å². The van der Waals surface area contributed by atoms with Crippen molar-refractivity contribution in [2.24, 2.45) is 0 Å². The lowest BCUT2D eigenvalue weighted by molar-refractivity contribution is -0.127. The molecule has 1 amide bonds. The minimum Gasteiger partial charge on any atom is -0.486 e. The Labute approximate surface area is 232 Å². The molecule has 1 aromatic carbocycles. The number of piperidine rings is 1. The standard InChI is InChI=1S/C28H31ClN8O2/c1-35(2)13-6-9-24(38)36-14-5-8-21(16-36)37-28-25(27(30)32-18-33-28)26(34-37)19-10-11-23(22(29)15-19)39-17-20-7-3-4-12-31-20/h3-4,6-7,9-12,15,18,21H,5,8,13-14,16-17H2,1-2H3,(H2,30,32,33)/b9-6+. The molecule has 0 spiro atoms. The van der Waals surface area contributed by atoms with E-state index in [4.69, 9.17) is 27.2 Å². The molecule has 4 heterocycles. The second-order valence-corrected chi connectivity index (χ2v) is 10.2. The number of pyridine rings is 1. The molecule has 10 nitrogen and oxygen atoms in total. The molecule has 1 unspecified atom stereocenters. The molecule has 39 heavy (non-hydrogen) atoms. The van der Waals surface area contributed by atoms with E-state index in [1.807, 2.05) is 65.0 Å². The number of nitrogens with zero attached hydrogens (tertiary/aromatic N) is 7. The Morgan fingerprint density at radius 1 is 1.23 bits per heavy atom. The van der Waals surface area contributed by atoms with Crippen LogP contribution in [0.4, 0.5) is 5.82 Å². The van der Waals surface area contributed by atoms with E-state index in [-0.39, 0.29) is 11.9 Å². The van der Waals surface area contributed by atoms with Crippen LogP contribution >= 0.6 is 11.6 Å². The summed E-state index contributed by atoms with van der Waals surface area (Å²) in [6.07, 6.45) is 8.43. The van der Waals surface area contributed by atoms with E-state index in [1.165, 1.54) is 6.33 Å². The number of rotatable bonds is 8. The van der Waals surface area contributed by atoms with E-state index in [0.29, 0.717) is 59.6 Å². The highest BCUT2D eigenvalue weighted by molar-refractivity contribution is 6.32. The van der Waals surface area contributed by atoms with Crippen molar-refractivity contribution < 1.29 is 9.53 Å². The predicted molar refractivity (Wildman–Crippen MR) is 151 cm³/mol. The highest BCUT2D eigenvalue weighted by atomic mass is 35.5. The number of fused-ring (bicyclic) bond motifs is 1. The molecule has 0 radical (unpaired) electrons. The van der Waals surface area contributed by atoms with Crippen LogP contribution in [0, 0.1) is 0 Å². The summed E-state index contributed by atoms with van der Waals surface area (Å²) >= 11 is 6.61. The minimum atomic E-state index is -0.0491. The predicted octanol–water partition coefficient (Wildman–Crippen LogP) is 3.98. The molecule has 202 valence electrons. The Bertz CT molecular complexity index is 1490. The first-order valence-electron chi connectivity index (χ1n) is 12.8.